The molecule has 0 radical (unpaired) electrons. The van der Waals surface area contributed by atoms with Crippen molar-refractivity contribution >= 4 is 34.6 Å². The van der Waals surface area contributed by atoms with E-state index >= 15 is 0 Å². The largest absolute Gasteiger partial charge is 0.481 e. The van der Waals surface area contributed by atoms with Crippen molar-refractivity contribution in [1.82, 2.24) is 44.5 Å². The third kappa shape index (κ3) is 7.36. The van der Waals surface area contributed by atoms with Crippen LogP contribution in [0.1, 0.15) is 37.8 Å². The molecule has 0 unspecified atom stereocenters. The number of hydrogen-bond donors (Lipinski definition) is 2. The summed E-state index contributed by atoms with van der Waals surface area (Å²) in [5.74, 6) is -1.60. The van der Waals surface area contributed by atoms with Crippen molar-refractivity contribution in [3.8, 4) is 61.2 Å². The van der Waals surface area contributed by atoms with Gasteiger partial charge in [0.2, 0.25) is 16.1 Å². The average Bonchev–Trinajstić information content (AvgIpc) is 4.02. The first-order valence-corrected chi connectivity index (χ1v) is 18.4. The monoisotopic (exact) mass is 769 g/mol. The van der Waals surface area contributed by atoms with Crippen LogP contribution < -0.4 is 4.74 Å². The van der Waals surface area contributed by atoms with E-state index in [1.165, 1.54) is 39.8 Å². The number of benzene rings is 2. The molecule has 0 aliphatic carbocycles. The van der Waals surface area contributed by atoms with Crippen LogP contribution in [0.4, 0.5) is 0 Å². The van der Waals surface area contributed by atoms with Gasteiger partial charge >= 0.3 is 11.9 Å². The number of thiazole rings is 2. The molecular formula is C39H31N9O5S2. The van der Waals surface area contributed by atoms with Gasteiger partial charge in [0, 0.05) is 62.6 Å². The second kappa shape index (κ2) is 15.6. The van der Waals surface area contributed by atoms with Gasteiger partial charge in [0.05, 0.1) is 35.6 Å². The highest BCUT2D eigenvalue weighted by Crippen LogP contribution is 2.37. The molecule has 0 bridgehead atoms. The predicted octanol–water partition coefficient (Wildman–Crippen LogP) is 7.84. The number of carboxylic acid groups (broad SMARTS) is 2. The molecule has 55 heavy (non-hydrogen) atoms. The van der Waals surface area contributed by atoms with E-state index in [0.29, 0.717) is 16.1 Å². The second-order valence-corrected chi connectivity index (χ2v) is 13.6. The summed E-state index contributed by atoms with van der Waals surface area (Å²) < 4.78 is 8.59. The number of hydrogen-bond acceptors (Lipinski definition) is 12. The van der Waals surface area contributed by atoms with Gasteiger partial charge in [-0.3, -0.25) is 0 Å². The van der Waals surface area contributed by atoms with E-state index in [4.69, 9.17) is 20.0 Å². The van der Waals surface area contributed by atoms with Gasteiger partial charge in [-0.05, 0) is 26.8 Å². The van der Waals surface area contributed by atoms with Crippen molar-refractivity contribution < 1.29 is 24.5 Å². The van der Waals surface area contributed by atoms with Crippen LogP contribution in [0.5, 0.6) is 5.88 Å². The quantitative estimate of drug-likeness (QED) is 0.145. The first-order chi connectivity index (χ1) is 26.6. The smallest absolute Gasteiger partial charge is 0.355 e. The van der Waals surface area contributed by atoms with Crippen molar-refractivity contribution in [2.45, 2.75) is 20.8 Å². The Bertz CT molecular complexity index is 2640. The summed E-state index contributed by atoms with van der Waals surface area (Å²) in [5, 5.41) is 31.9. The normalized spacial score (nSPS) is 10.8. The fourth-order valence-corrected chi connectivity index (χ4v) is 7.41. The molecule has 0 atom stereocenters. The van der Waals surface area contributed by atoms with E-state index in [2.05, 4.69) is 24.9 Å². The molecule has 0 spiro atoms. The van der Waals surface area contributed by atoms with Crippen LogP contribution >= 0.6 is 22.7 Å². The van der Waals surface area contributed by atoms with Crippen molar-refractivity contribution in [2.24, 2.45) is 0 Å². The molecule has 2 N–H and O–H groups in total. The zero-order chi connectivity index (χ0) is 38.6. The molecule has 6 aromatic heterocycles. The molecule has 274 valence electrons. The fraction of sp³-hybridized carbons (Fsp3) is 0.103. The number of carbonyl (C=O) groups is 2. The van der Waals surface area contributed by atoms with Crippen LogP contribution in [0.2, 0.25) is 0 Å². The minimum absolute atomic E-state index is 0.00468. The van der Waals surface area contributed by atoms with E-state index in [-0.39, 0.29) is 11.4 Å². The van der Waals surface area contributed by atoms with Crippen molar-refractivity contribution in [1.29, 1.82) is 0 Å². The number of nitrogens with zero attached hydrogens (tertiary/aromatic N) is 9. The third-order valence-electron chi connectivity index (χ3n) is 8.48. The van der Waals surface area contributed by atoms with Gasteiger partial charge in [0.1, 0.15) is 6.33 Å². The summed E-state index contributed by atoms with van der Waals surface area (Å²) in [4.78, 5) is 43.6. The lowest BCUT2D eigenvalue weighted by molar-refractivity contribution is 0.0680. The Morgan fingerprint density at radius 1 is 0.636 bits per heavy atom. The zero-order valence-corrected chi connectivity index (χ0v) is 31.4. The minimum atomic E-state index is -1.07. The van der Waals surface area contributed by atoms with Crippen LogP contribution in [0, 0.1) is 20.8 Å². The zero-order valence-electron chi connectivity index (χ0n) is 29.8. The van der Waals surface area contributed by atoms with Gasteiger partial charge in [0.25, 0.3) is 0 Å². The molecule has 8 rings (SSSR count). The maximum atomic E-state index is 11.3. The number of ether oxygens (including phenoxy) is 1. The summed E-state index contributed by atoms with van der Waals surface area (Å²) in [7, 11) is 1.58. The number of rotatable bonds is 9. The molecule has 0 aliphatic rings. The summed E-state index contributed by atoms with van der Waals surface area (Å²) in [5.41, 5.74) is 9.50. The number of pyridine rings is 1. The van der Waals surface area contributed by atoms with E-state index in [9.17, 15) is 14.7 Å². The number of carboxylic acids is 2. The molecule has 16 heteroatoms. The highest BCUT2D eigenvalue weighted by Gasteiger charge is 2.24. The van der Waals surface area contributed by atoms with Gasteiger partial charge < -0.3 is 14.9 Å². The highest BCUT2D eigenvalue weighted by atomic mass is 32.1. The van der Waals surface area contributed by atoms with Crippen LogP contribution in [-0.4, -0.2) is 73.7 Å². The summed E-state index contributed by atoms with van der Waals surface area (Å²) in [6, 6.07) is 23.4. The van der Waals surface area contributed by atoms with Gasteiger partial charge in [0.15, 0.2) is 11.4 Å². The molecule has 2 aromatic carbocycles. The first-order valence-electron chi connectivity index (χ1n) is 16.6. The average molecular weight is 770 g/mol. The summed E-state index contributed by atoms with van der Waals surface area (Å²) in [6.45, 7) is 5.87. The molecular weight excluding hydrogens is 739 g/mol. The molecule has 0 saturated carbocycles. The van der Waals surface area contributed by atoms with Crippen molar-refractivity contribution in [2.75, 3.05) is 7.11 Å². The molecule has 0 amide bonds. The lowest BCUT2D eigenvalue weighted by Crippen LogP contribution is -2.03. The Hall–Kier alpha value is -6.91. The summed E-state index contributed by atoms with van der Waals surface area (Å²) in [6.07, 6.45) is 4.87. The Labute approximate surface area is 322 Å². The van der Waals surface area contributed by atoms with E-state index in [0.717, 1.165) is 61.9 Å². The lowest BCUT2D eigenvalue weighted by Gasteiger charge is -2.10. The number of methoxy groups -OCH3 is 1. The van der Waals surface area contributed by atoms with Crippen LogP contribution in [-0.2, 0) is 0 Å². The number of aromatic nitrogens is 9. The SMILES string of the molecule is COc1ccc(-c2c(C)c(-c3ccccc3)nn2-c2nc(C(=O)O)cs2)c(C)n1.Cc1c(-c2ccccc2)nn(-c2nc(C(=O)O)cs2)c1-c1cncnc1. The molecule has 8 aromatic rings. The van der Waals surface area contributed by atoms with Crippen molar-refractivity contribution in [3.63, 3.8) is 0 Å². The maximum absolute atomic E-state index is 11.3. The van der Waals surface area contributed by atoms with Crippen molar-refractivity contribution in [3.05, 3.63) is 130 Å². The number of aryl methyl sites for hydroxylation is 1. The molecule has 6 heterocycles. The Morgan fingerprint density at radius 2 is 1.13 bits per heavy atom. The molecule has 0 saturated heterocycles. The minimum Gasteiger partial charge on any atom is -0.481 e. The third-order valence-corrected chi connectivity index (χ3v) is 10.1. The van der Waals surface area contributed by atoms with Gasteiger partial charge in [-0.2, -0.15) is 10.2 Å². The summed E-state index contributed by atoms with van der Waals surface area (Å²) >= 11 is 2.46. The predicted molar refractivity (Wildman–Crippen MR) is 208 cm³/mol. The second-order valence-electron chi connectivity index (χ2n) is 12.0. The van der Waals surface area contributed by atoms with Crippen LogP contribution in [0.3, 0.4) is 0 Å². The Morgan fingerprint density at radius 3 is 1.58 bits per heavy atom. The fourth-order valence-electron chi connectivity index (χ4n) is 5.91. The van der Waals surface area contributed by atoms with Crippen LogP contribution in [0.25, 0.3) is 55.3 Å². The number of aromatic carboxylic acids is 2. The van der Waals surface area contributed by atoms with Crippen LogP contribution in [0.15, 0.2) is 102 Å². The molecule has 14 nitrogen and oxygen atoms in total. The topological polar surface area (TPSA) is 184 Å². The first kappa shape index (κ1) is 36.4. The highest BCUT2D eigenvalue weighted by molar-refractivity contribution is 7.12. The van der Waals surface area contributed by atoms with E-state index in [1.807, 2.05) is 87.5 Å². The van der Waals surface area contributed by atoms with Gasteiger partial charge in [-0.15, -0.1) is 22.7 Å². The Balaban J connectivity index is 0.000000170. The van der Waals surface area contributed by atoms with E-state index < -0.39 is 11.9 Å². The molecule has 0 fully saturated rings. The van der Waals surface area contributed by atoms with Gasteiger partial charge in [-0.25, -0.2) is 43.9 Å². The lowest BCUT2D eigenvalue weighted by atomic mass is 10.0. The Kier molecular flexibility index (Phi) is 10.3. The maximum Gasteiger partial charge on any atom is 0.355 e. The van der Waals surface area contributed by atoms with E-state index in [1.54, 1.807) is 34.9 Å². The van der Waals surface area contributed by atoms with Gasteiger partial charge in [-0.1, -0.05) is 60.7 Å². The molecule has 0 aliphatic heterocycles. The standard InChI is InChI=1S/C21H18N4O3S.C18H13N5O2S/c1-12-18(14-7-5-4-6-8-14)24-25(21-23-16(11-29-21)20(26)27)19(12)15-9-10-17(28-3)22-13(15)2;1-11-15(12-5-3-2-4-6-12)22-23(16(11)13-7-19-10-20-8-13)18-21-14(9-26-18)17(24)25/h4-11H,1-3H3,(H,26,27);2-10H,1H3,(H,24,25).